The van der Waals surface area contributed by atoms with Crippen LogP contribution in [0.4, 0.5) is 5.69 Å². The summed E-state index contributed by atoms with van der Waals surface area (Å²) in [6, 6.07) is 0.200. The first-order chi connectivity index (χ1) is 7.04. The maximum atomic E-state index is 11.5. The van der Waals surface area contributed by atoms with E-state index in [-0.39, 0.29) is 18.5 Å². The zero-order valence-electron chi connectivity index (χ0n) is 9.45. The molecule has 1 heterocycles. The highest BCUT2D eigenvalue weighted by molar-refractivity contribution is 5.76. The smallest absolute Gasteiger partial charge is 0.241 e. The fourth-order valence-corrected chi connectivity index (χ4v) is 1.18. The van der Waals surface area contributed by atoms with E-state index in [1.807, 2.05) is 20.8 Å². The van der Waals surface area contributed by atoms with Crippen molar-refractivity contribution in [2.75, 3.05) is 5.73 Å². The van der Waals surface area contributed by atoms with Gasteiger partial charge in [0.05, 0.1) is 17.6 Å². The van der Waals surface area contributed by atoms with Crippen LogP contribution in [-0.4, -0.2) is 21.7 Å². The molecule has 0 aliphatic heterocycles. The average Bonchev–Trinajstić information content (AvgIpc) is 2.49. The van der Waals surface area contributed by atoms with Crippen LogP contribution in [0, 0.1) is 6.92 Å². The lowest BCUT2D eigenvalue weighted by Crippen LogP contribution is -2.35. The number of rotatable bonds is 4. The predicted octanol–water partition coefficient (Wildman–Crippen LogP) is 0.688. The SMILES string of the molecule is CCC(C)NC(=O)Cn1ncc(N)c1C. The van der Waals surface area contributed by atoms with Crippen molar-refractivity contribution in [3.8, 4) is 0 Å². The first-order valence-electron chi connectivity index (χ1n) is 5.11. The first-order valence-corrected chi connectivity index (χ1v) is 5.11. The maximum Gasteiger partial charge on any atom is 0.241 e. The number of nitrogens with two attached hydrogens (primary N) is 1. The van der Waals surface area contributed by atoms with Gasteiger partial charge in [-0.3, -0.25) is 9.48 Å². The summed E-state index contributed by atoms with van der Waals surface area (Å²) in [5, 5.41) is 6.89. The van der Waals surface area contributed by atoms with Gasteiger partial charge in [0.25, 0.3) is 0 Å². The quantitative estimate of drug-likeness (QED) is 0.768. The molecule has 1 unspecified atom stereocenters. The molecule has 1 atom stereocenters. The molecule has 0 saturated carbocycles. The molecule has 0 aliphatic carbocycles. The molecule has 0 radical (unpaired) electrons. The van der Waals surface area contributed by atoms with E-state index in [1.165, 1.54) is 0 Å². The molecule has 0 aliphatic rings. The van der Waals surface area contributed by atoms with Gasteiger partial charge in [-0.2, -0.15) is 5.10 Å². The summed E-state index contributed by atoms with van der Waals surface area (Å²) in [6.07, 6.45) is 2.48. The van der Waals surface area contributed by atoms with Crippen LogP contribution in [-0.2, 0) is 11.3 Å². The molecule has 0 fully saturated rings. The molecule has 84 valence electrons. The molecule has 15 heavy (non-hydrogen) atoms. The third-order valence-electron chi connectivity index (χ3n) is 2.45. The Bertz CT molecular complexity index is 345. The molecule has 0 saturated heterocycles. The summed E-state index contributed by atoms with van der Waals surface area (Å²) >= 11 is 0. The molecular weight excluding hydrogens is 192 g/mol. The average molecular weight is 210 g/mol. The van der Waals surface area contributed by atoms with Crippen molar-refractivity contribution in [2.24, 2.45) is 0 Å². The van der Waals surface area contributed by atoms with E-state index in [2.05, 4.69) is 10.4 Å². The van der Waals surface area contributed by atoms with Gasteiger partial charge in [0, 0.05) is 6.04 Å². The molecule has 1 rings (SSSR count). The van der Waals surface area contributed by atoms with Gasteiger partial charge in [-0.05, 0) is 20.3 Å². The normalized spacial score (nSPS) is 12.5. The Balaban J connectivity index is 2.55. The maximum absolute atomic E-state index is 11.5. The second kappa shape index (κ2) is 4.82. The van der Waals surface area contributed by atoms with E-state index in [1.54, 1.807) is 10.9 Å². The summed E-state index contributed by atoms with van der Waals surface area (Å²) in [7, 11) is 0. The first kappa shape index (κ1) is 11.6. The van der Waals surface area contributed by atoms with Crippen molar-refractivity contribution >= 4 is 11.6 Å². The number of hydrogen-bond acceptors (Lipinski definition) is 3. The fourth-order valence-electron chi connectivity index (χ4n) is 1.18. The van der Waals surface area contributed by atoms with E-state index < -0.39 is 0 Å². The van der Waals surface area contributed by atoms with Gasteiger partial charge in [-0.25, -0.2) is 0 Å². The zero-order chi connectivity index (χ0) is 11.4. The lowest BCUT2D eigenvalue weighted by Gasteiger charge is -2.11. The number of aromatic nitrogens is 2. The molecular formula is C10H18N4O. The van der Waals surface area contributed by atoms with Crippen molar-refractivity contribution in [3.63, 3.8) is 0 Å². The summed E-state index contributed by atoms with van der Waals surface area (Å²) < 4.78 is 1.60. The highest BCUT2D eigenvalue weighted by Crippen LogP contribution is 2.07. The zero-order valence-corrected chi connectivity index (χ0v) is 9.45. The van der Waals surface area contributed by atoms with E-state index in [0.717, 1.165) is 12.1 Å². The molecule has 0 spiro atoms. The van der Waals surface area contributed by atoms with Crippen LogP contribution < -0.4 is 11.1 Å². The Morgan fingerprint density at radius 1 is 1.73 bits per heavy atom. The van der Waals surface area contributed by atoms with Crippen LogP contribution in [0.1, 0.15) is 26.0 Å². The Hall–Kier alpha value is -1.52. The van der Waals surface area contributed by atoms with Crippen LogP contribution in [0.25, 0.3) is 0 Å². The molecule has 3 N–H and O–H groups in total. The molecule has 1 amide bonds. The number of nitrogens with zero attached hydrogens (tertiary/aromatic N) is 2. The number of nitrogen functional groups attached to an aromatic ring is 1. The highest BCUT2D eigenvalue weighted by atomic mass is 16.2. The second-order valence-electron chi connectivity index (χ2n) is 3.72. The fraction of sp³-hybridized carbons (Fsp3) is 0.600. The van der Waals surface area contributed by atoms with E-state index in [4.69, 9.17) is 5.73 Å². The van der Waals surface area contributed by atoms with Crippen LogP contribution in [0.15, 0.2) is 6.20 Å². The number of amides is 1. The van der Waals surface area contributed by atoms with E-state index in [9.17, 15) is 4.79 Å². The minimum atomic E-state index is -0.0319. The number of carbonyl (C=O) groups is 1. The van der Waals surface area contributed by atoms with Gasteiger partial charge >= 0.3 is 0 Å². The van der Waals surface area contributed by atoms with Crippen molar-refractivity contribution < 1.29 is 4.79 Å². The molecule has 1 aromatic heterocycles. The third kappa shape index (κ3) is 2.97. The van der Waals surface area contributed by atoms with Crippen LogP contribution in [0.2, 0.25) is 0 Å². The molecule has 0 aromatic carbocycles. The topological polar surface area (TPSA) is 72.9 Å². The molecule has 5 heteroatoms. The van der Waals surface area contributed by atoms with Gasteiger partial charge in [0.2, 0.25) is 5.91 Å². The van der Waals surface area contributed by atoms with E-state index in [0.29, 0.717) is 5.69 Å². The van der Waals surface area contributed by atoms with Crippen LogP contribution in [0.3, 0.4) is 0 Å². The van der Waals surface area contributed by atoms with Gasteiger partial charge in [-0.15, -0.1) is 0 Å². The Morgan fingerprint density at radius 2 is 2.40 bits per heavy atom. The monoisotopic (exact) mass is 210 g/mol. The molecule has 0 bridgehead atoms. The Morgan fingerprint density at radius 3 is 2.87 bits per heavy atom. The summed E-state index contributed by atoms with van der Waals surface area (Å²) in [4.78, 5) is 11.5. The van der Waals surface area contributed by atoms with Crippen molar-refractivity contribution in [3.05, 3.63) is 11.9 Å². The standard InChI is InChI=1S/C10H18N4O/c1-4-7(2)13-10(15)6-14-8(3)9(11)5-12-14/h5,7H,4,6,11H2,1-3H3,(H,13,15). The van der Waals surface area contributed by atoms with Crippen molar-refractivity contribution in [2.45, 2.75) is 39.8 Å². The minimum Gasteiger partial charge on any atom is -0.396 e. The second-order valence-corrected chi connectivity index (χ2v) is 3.72. The summed E-state index contributed by atoms with van der Waals surface area (Å²) in [5.41, 5.74) is 7.07. The number of nitrogens with one attached hydrogen (secondary N) is 1. The highest BCUT2D eigenvalue weighted by Gasteiger charge is 2.09. The van der Waals surface area contributed by atoms with Crippen LogP contribution in [0.5, 0.6) is 0 Å². The Labute approximate surface area is 89.6 Å². The van der Waals surface area contributed by atoms with Crippen molar-refractivity contribution in [1.82, 2.24) is 15.1 Å². The van der Waals surface area contributed by atoms with Gasteiger partial charge in [0.1, 0.15) is 6.54 Å². The number of hydrogen-bond donors (Lipinski definition) is 2. The third-order valence-corrected chi connectivity index (χ3v) is 2.45. The summed E-state index contributed by atoms with van der Waals surface area (Å²) in [5.74, 6) is -0.0319. The van der Waals surface area contributed by atoms with Gasteiger partial charge in [0.15, 0.2) is 0 Å². The predicted molar refractivity (Wildman–Crippen MR) is 59.3 cm³/mol. The lowest BCUT2D eigenvalue weighted by atomic mass is 10.2. The minimum absolute atomic E-state index is 0.0319. The van der Waals surface area contributed by atoms with Gasteiger partial charge in [-0.1, -0.05) is 6.92 Å². The lowest BCUT2D eigenvalue weighted by molar-refractivity contribution is -0.122. The Kier molecular flexibility index (Phi) is 3.71. The van der Waals surface area contributed by atoms with Crippen molar-refractivity contribution in [1.29, 1.82) is 0 Å². The van der Waals surface area contributed by atoms with Gasteiger partial charge < -0.3 is 11.1 Å². The molecule has 1 aromatic rings. The largest absolute Gasteiger partial charge is 0.396 e. The van der Waals surface area contributed by atoms with E-state index >= 15 is 0 Å². The number of anilines is 1. The number of carbonyl (C=O) groups excluding carboxylic acids is 1. The van der Waals surface area contributed by atoms with Crippen LogP contribution >= 0.6 is 0 Å². The molecule has 5 nitrogen and oxygen atoms in total. The summed E-state index contributed by atoms with van der Waals surface area (Å²) in [6.45, 7) is 6.08.